The summed E-state index contributed by atoms with van der Waals surface area (Å²) in [6.07, 6.45) is 0.206. The number of nitrogens with zero attached hydrogens (tertiary/aromatic N) is 5. The average Bonchev–Trinajstić information content (AvgIpc) is 3.24. The summed E-state index contributed by atoms with van der Waals surface area (Å²) in [6, 6.07) is 3.76. The molecule has 0 unspecified atom stereocenters. The lowest BCUT2D eigenvalue weighted by Gasteiger charge is -2.20. The van der Waals surface area contributed by atoms with Crippen LogP contribution >= 0.6 is 23.3 Å². The van der Waals surface area contributed by atoms with Crippen LogP contribution in [0.15, 0.2) is 35.1 Å². The Kier molecular flexibility index (Phi) is 5.23. The highest BCUT2D eigenvalue weighted by Gasteiger charge is 2.38. The van der Waals surface area contributed by atoms with Crippen LogP contribution in [-0.4, -0.2) is 25.9 Å². The molecule has 0 aliphatic heterocycles. The zero-order valence-corrected chi connectivity index (χ0v) is 14.5. The summed E-state index contributed by atoms with van der Waals surface area (Å²) < 4.78 is 44.3. The van der Waals surface area contributed by atoms with Crippen LogP contribution in [0.25, 0.3) is 10.8 Å². The average molecular weight is 387 g/mol. The number of aromatic nitrogens is 4. The van der Waals surface area contributed by atoms with Gasteiger partial charge in [0.05, 0.1) is 24.6 Å². The summed E-state index contributed by atoms with van der Waals surface area (Å²) in [6.45, 7) is 2.51. The van der Waals surface area contributed by atoms with Gasteiger partial charge in [-0.25, -0.2) is 4.98 Å². The normalized spacial score (nSPS) is 11.7. The maximum Gasteiger partial charge on any atom is 0.470 e. The van der Waals surface area contributed by atoms with E-state index in [1.165, 1.54) is 17.5 Å². The van der Waals surface area contributed by atoms with E-state index in [0.717, 1.165) is 11.4 Å². The molecule has 0 spiro atoms. The Morgan fingerprint density at radius 2 is 2.12 bits per heavy atom. The molecule has 3 aromatic rings. The lowest BCUT2D eigenvalue weighted by molar-refractivity contribution is -0.156. The zero-order valence-electron chi connectivity index (χ0n) is 12.9. The number of alkyl halides is 3. The molecule has 0 N–H and O–H groups in total. The fourth-order valence-corrected chi connectivity index (χ4v) is 3.60. The minimum Gasteiger partial charge on any atom is -0.412 e. The van der Waals surface area contributed by atoms with Gasteiger partial charge in [0.25, 0.3) is 5.89 Å². The van der Waals surface area contributed by atoms with Gasteiger partial charge in [-0.05, 0) is 24.1 Å². The van der Waals surface area contributed by atoms with Crippen LogP contribution in [0.4, 0.5) is 18.9 Å². The van der Waals surface area contributed by atoms with E-state index in [1.54, 1.807) is 24.3 Å². The molecule has 132 valence electrons. The van der Waals surface area contributed by atoms with Crippen molar-refractivity contribution in [1.29, 1.82) is 0 Å². The molecule has 0 aliphatic rings. The van der Waals surface area contributed by atoms with Gasteiger partial charge in [0, 0.05) is 11.9 Å². The van der Waals surface area contributed by atoms with Gasteiger partial charge in [-0.2, -0.15) is 13.2 Å². The quantitative estimate of drug-likeness (QED) is 0.585. The van der Waals surface area contributed by atoms with Crippen molar-refractivity contribution in [3.05, 3.63) is 41.6 Å². The molecule has 3 rings (SSSR count). The monoisotopic (exact) mass is 387 g/mol. The summed E-state index contributed by atoms with van der Waals surface area (Å²) in [5.74, 6) is -0.700. The summed E-state index contributed by atoms with van der Waals surface area (Å²) >= 11 is 2.81. The molecule has 0 saturated carbocycles. The molecule has 6 nitrogen and oxygen atoms in total. The van der Waals surface area contributed by atoms with Gasteiger partial charge in [0.2, 0.25) is 0 Å². The van der Waals surface area contributed by atoms with E-state index in [0.29, 0.717) is 16.4 Å². The molecule has 0 aromatic carbocycles. The molecule has 11 heteroatoms. The van der Waals surface area contributed by atoms with Crippen LogP contribution in [0.2, 0.25) is 0 Å². The molecular weight excluding hydrogens is 375 g/mol. The van der Waals surface area contributed by atoms with E-state index < -0.39 is 12.1 Å². The molecule has 0 radical (unpaired) electrons. The smallest absolute Gasteiger partial charge is 0.412 e. The van der Waals surface area contributed by atoms with Crippen LogP contribution in [0.1, 0.15) is 17.8 Å². The predicted octanol–water partition coefficient (Wildman–Crippen LogP) is 4.28. The fraction of sp³-hybridized carbons (Fsp3) is 0.286. The van der Waals surface area contributed by atoms with Crippen molar-refractivity contribution in [2.45, 2.75) is 19.6 Å². The molecule has 0 bridgehead atoms. The summed E-state index contributed by atoms with van der Waals surface area (Å²) in [5, 5.41) is 7.18. The first-order valence-electron chi connectivity index (χ1n) is 7.13. The van der Waals surface area contributed by atoms with E-state index in [2.05, 4.69) is 24.6 Å². The van der Waals surface area contributed by atoms with E-state index in [9.17, 15) is 13.2 Å². The third-order valence-corrected chi connectivity index (χ3v) is 4.81. The van der Waals surface area contributed by atoms with Gasteiger partial charge >= 0.3 is 12.1 Å². The summed E-state index contributed by atoms with van der Waals surface area (Å²) in [7, 11) is 0. The highest BCUT2D eigenvalue weighted by Crippen LogP contribution is 2.33. The number of rotatable bonds is 6. The number of hydrogen-bond donors (Lipinski definition) is 0. The van der Waals surface area contributed by atoms with Crippen molar-refractivity contribution in [2.75, 3.05) is 10.1 Å². The zero-order chi connectivity index (χ0) is 17.9. The van der Waals surface area contributed by atoms with Crippen LogP contribution in [0, 0.1) is 0 Å². The van der Waals surface area contributed by atoms with Gasteiger partial charge in [0.15, 0.2) is 0 Å². The minimum absolute atomic E-state index is 0.188. The second-order valence-electron chi connectivity index (χ2n) is 4.69. The lowest BCUT2D eigenvalue weighted by atomic mass is 10.4. The molecule has 3 heterocycles. The van der Waals surface area contributed by atoms with Crippen molar-refractivity contribution in [2.24, 2.45) is 0 Å². The Morgan fingerprint density at radius 1 is 1.28 bits per heavy atom. The molecule has 0 atom stereocenters. The van der Waals surface area contributed by atoms with Gasteiger partial charge in [-0.3, -0.25) is 4.98 Å². The maximum atomic E-state index is 12.5. The highest BCUT2D eigenvalue weighted by atomic mass is 32.2. The van der Waals surface area contributed by atoms with Crippen LogP contribution < -0.4 is 4.31 Å². The molecule has 25 heavy (non-hydrogen) atoms. The van der Waals surface area contributed by atoms with Crippen LogP contribution in [0.5, 0.6) is 0 Å². The first kappa shape index (κ1) is 17.7. The largest absolute Gasteiger partial charge is 0.470 e. The van der Waals surface area contributed by atoms with E-state index in [4.69, 9.17) is 0 Å². The topological polar surface area (TPSA) is 67.9 Å². The first-order chi connectivity index (χ1) is 12.0. The molecule has 0 amide bonds. The SMILES string of the molecule is CCSN(Cc1ncc(-c2nnc(C(F)(F)F)o2)s1)c1cccnc1. The molecule has 0 fully saturated rings. The Hall–Kier alpha value is -2.14. The van der Waals surface area contributed by atoms with Crippen LogP contribution in [0.3, 0.4) is 0 Å². The highest BCUT2D eigenvalue weighted by molar-refractivity contribution is 8.00. The van der Waals surface area contributed by atoms with Gasteiger partial charge in [0.1, 0.15) is 9.88 Å². The second kappa shape index (κ2) is 7.40. The van der Waals surface area contributed by atoms with Crippen molar-refractivity contribution in [1.82, 2.24) is 20.2 Å². The summed E-state index contributed by atoms with van der Waals surface area (Å²) in [5.41, 5.74) is 0.920. The Bertz CT molecular complexity index is 821. The fourth-order valence-electron chi connectivity index (χ4n) is 1.91. The maximum absolute atomic E-state index is 12.5. The Morgan fingerprint density at radius 3 is 2.76 bits per heavy atom. The standard InChI is InChI=1S/C14H12F3N5OS2/c1-2-24-22(9-4-3-5-18-6-9)8-11-19-7-10(25-11)12-20-21-13(23-12)14(15,16)17/h3-7H,2,8H2,1H3. The molecule has 0 saturated heterocycles. The van der Waals surface area contributed by atoms with Crippen molar-refractivity contribution in [3.8, 4) is 10.8 Å². The minimum atomic E-state index is -4.66. The second-order valence-corrected chi connectivity index (χ2v) is 7.09. The molecule has 3 aromatic heterocycles. The number of thiazole rings is 1. The number of halogens is 3. The summed E-state index contributed by atoms with van der Waals surface area (Å²) in [4.78, 5) is 8.74. The van der Waals surface area contributed by atoms with Gasteiger partial charge in [-0.15, -0.1) is 21.5 Å². The van der Waals surface area contributed by atoms with E-state index in [1.807, 2.05) is 23.4 Å². The third-order valence-electron chi connectivity index (χ3n) is 2.93. The lowest BCUT2D eigenvalue weighted by Crippen LogP contribution is -2.14. The first-order valence-corrected chi connectivity index (χ1v) is 8.89. The van der Waals surface area contributed by atoms with E-state index in [-0.39, 0.29) is 5.89 Å². The van der Waals surface area contributed by atoms with Crippen molar-refractivity contribution < 1.29 is 17.6 Å². The van der Waals surface area contributed by atoms with E-state index >= 15 is 0 Å². The number of pyridine rings is 1. The van der Waals surface area contributed by atoms with Crippen molar-refractivity contribution in [3.63, 3.8) is 0 Å². The number of hydrogen-bond acceptors (Lipinski definition) is 8. The van der Waals surface area contributed by atoms with Crippen molar-refractivity contribution >= 4 is 29.0 Å². The Balaban J connectivity index is 1.77. The molecular formula is C14H12F3N5OS2. The Labute approximate surface area is 149 Å². The predicted molar refractivity (Wildman–Crippen MR) is 89.0 cm³/mol. The molecule has 0 aliphatic carbocycles. The van der Waals surface area contributed by atoms with Gasteiger partial charge < -0.3 is 8.72 Å². The van der Waals surface area contributed by atoms with Gasteiger partial charge in [-0.1, -0.05) is 6.92 Å². The third kappa shape index (κ3) is 4.28. The number of anilines is 1. The van der Waals surface area contributed by atoms with Crippen LogP contribution in [-0.2, 0) is 12.7 Å².